The third-order valence-electron chi connectivity index (χ3n) is 3.48. The molecule has 1 aromatic carbocycles. The Balaban J connectivity index is 0.00000162. The van der Waals surface area contributed by atoms with E-state index in [2.05, 4.69) is 20.8 Å². The highest BCUT2D eigenvalue weighted by Gasteiger charge is 2.19. The number of rotatable bonds is 3. The SMILES string of the molecule is Cl.NCC1CCN(Cc2c(F)cccc2Br)CC1. The Bertz CT molecular complexity index is 361. The van der Waals surface area contributed by atoms with E-state index in [1.165, 1.54) is 6.07 Å². The van der Waals surface area contributed by atoms with Crippen LogP contribution >= 0.6 is 28.3 Å². The average Bonchev–Trinajstić information content (AvgIpc) is 2.35. The first-order valence-electron chi connectivity index (χ1n) is 6.06. The van der Waals surface area contributed by atoms with E-state index in [-0.39, 0.29) is 18.2 Å². The maximum Gasteiger partial charge on any atom is 0.128 e. The highest BCUT2D eigenvalue weighted by Crippen LogP contribution is 2.24. The van der Waals surface area contributed by atoms with Crippen LogP contribution in [0.15, 0.2) is 22.7 Å². The van der Waals surface area contributed by atoms with E-state index >= 15 is 0 Å². The molecule has 1 aromatic rings. The second-order valence-electron chi connectivity index (χ2n) is 4.66. The Kier molecular flexibility index (Phi) is 6.57. The Morgan fingerprint density at radius 1 is 1.33 bits per heavy atom. The Labute approximate surface area is 122 Å². The van der Waals surface area contributed by atoms with Gasteiger partial charge in [0.1, 0.15) is 5.82 Å². The first-order chi connectivity index (χ1) is 8.20. The molecule has 5 heteroatoms. The highest BCUT2D eigenvalue weighted by molar-refractivity contribution is 9.10. The number of hydrogen-bond donors (Lipinski definition) is 1. The van der Waals surface area contributed by atoms with Crippen LogP contribution in [0, 0.1) is 11.7 Å². The van der Waals surface area contributed by atoms with E-state index in [0.717, 1.165) is 42.5 Å². The van der Waals surface area contributed by atoms with Gasteiger partial charge in [0, 0.05) is 16.6 Å². The topological polar surface area (TPSA) is 29.3 Å². The van der Waals surface area contributed by atoms with Crippen LogP contribution in [0.4, 0.5) is 4.39 Å². The fourth-order valence-corrected chi connectivity index (χ4v) is 2.75. The molecule has 1 fully saturated rings. The van der Waals surface area contributed by atoms with Gasteiger partial charge < -0.3 is 5.73 Å². The number of nitrogens with zero attached hydrogens (tertiary/aromatic N) is 1. The van der Waals surface area contributed by atoms with Crippen LogP contribution in [0.25, 0.3) is 0 Å². The molecule has 0 atom stereocenters. The summed E-state index contributed by atoms with van der Waals surface area (Å²) in [6, 6.07) is 5.14. The molecule has 0 amide bonds. The number of likely N-dealkylation sites (tertiary alicyclic amines) is 1. The van der Waals surface area contributed by atoms with Crippen LogP contribution in [-0.2, 0) is 6.54 Å². The van der Waals surface area contributed by atoms with Gasteiger partial charge in [0.05, 0.1) is 0 Å². The van der Waals surface area contributed by atoms with Crippen molar-refractivity contribution >= 4 is 28.3 Å². The van der Waals surface area contributed by atoms with Crippen LogP contribution in [0.3, 0.4) is 0 Å². The molecular weight excluding hydrogens is 319 g/mol. The van der Waals surface area contributed by atoms with Gasteiger partial charge in [-0.2, -0.15) is 0 Å². The van der Waals surface area contributed by atoms with Crippen LogP contribution in [0.2, 0.25) is 0 Å². The molecule has 102 valence electrons. The second kappa shape index (κ2) is 7.43. The standard InChI is InChI=1S/C13H18BrFN2.ClH/c14-12-2-1-3-13(15)11(12)9-17-6-4-10(8-16)5-7-17;/h1-3,10H,4-9,16H2;1H. The van der Waals surface area contributed by atoms with Crippen molar-refractivity contribution in [3.63, 3.8) is 0 Å². The van der Waals surface area contributed by atoms with Gasteiger partial charge in [0.15, 0.2) is 0 Å². The summed E-state index contributed by atoms with van der Waals surface area (Å²) >= 11 is 3.41. The van der Waals surface area contributed by atoms with Crippen molar-refractivity contribution in [1.82, 2.24) is 4.90 Å². The Morgan fingerprint density at radius 2 is 2.00 bits per heavy atom. The molecule has 1 aliphatic heterocycles. The van der Waals surface area contributed by atoms with Crippen LogP contribution in [0.1, 0.15) is 18.4 Å². The number of hydrogen-bond acceptors (Lipinski definition) is 2. The molecule has 2 nitrogen and oxygen atoms in total. The van der Waals surface area contributed by atoms with Crippen molar-refractivity contribution in [2.24, 2.45) is 11.7 Å². The van der Waals surface area contributed by atoms with Crippen molar-refractivity contribution in [3.05, 3.63) is 34.1 Å². The van der Waals surface area contributed by atoms with Crippen molar-refractivity contribution in [3.8, 4) is 0 Å². The van der Waals surface area contributed by atoms with E-state index in [4.69, 9.17) is 5.73 Å². The zero-order chi connectivity index (χ0) is 12.3. The fourth-order valence-electron chi connectivity index (χ4n) is 2.29. The van der Waals surface area contributed by atoms with Crippen molar-refractivity contribution < 1.29 is 4.39 Å². The van der Waals surface area contributed by atoms with Gasteiger partial charge >= 0.3 is 0 Å². The molecule has 0 spiro atoms. The van der Waals surface area contributed by atoms with E-state index < -0.39 is 0 Å². The maximum absolute atomic E-state index is 13.7. The van der Waals surface area contributed by atoms with E-state index in [1.54, 1.807) is 6.07 Å². The van der Waals surface area contributed by atoms with E-state index in [0.29, 0.717) is 12.5 Å². The number of piperidine rings is 1. The molecule has 18 heavy (non-hydrogen) atoms. The van der Waals surface area contributed by atoms with Crippen LogP contribution in [0.5, 0.6) is 0 Å². The van der Waals surface area contributed by atoms with Gasteiger partial charge in [-0.3, -0.25) is 4.90 Å². The van der Waals surface area contributed by atoms with E-state index in [1.807, 2.05) is 6.07 Å². The molecule has 1 aliphatic rings. The smallest absolute Gasteiger partial charge is 0.128 e. The molecule has 0 saturated carbocycles. The van der Waals surface area contributed by atoms with Gasteiger partial charge in [-0.1, -0.05) is 22.0 Å². The van der Waals surface area contributed by atoms with Crippen molar-refractivity contribution in [1.29, 1.82) is 0 Å². The third-order valence-corrected chi connectivity index (χ3v) is 4.23. The van der Waals surface area contributed by atoms with Gasteiger partial charge in [-0.25, -0.2) is 4.39 Å². The van der Waals surface area contributed by atoms with Crippen LogP contribution < -0.4 is 5.73 Å². The molecule has 1 saturated heterocycles. The molecular formula is C13H19BrClFN2. The summed E-state index contributed by atoms with van der Waals surface area (Å²) in [7, 11) is 0. The zero-order valence-corrected chi connectivity index (χ0v) is 12.6. The summed E-state index contributed by atoms with van der Waals surface area (Å²) in [6.07, 6.45) is 2.26. The summed E-state index contributed by atoms with van der Waals surface area (Å²) in [5.74, 6) is 0.524. The second-order valence-corrected chi connectivity index (χ2v) is 5.51. The Morgan fingerprint density at radius 3 is 2.56 bits per heavy atom. The maximum atomic E-state index is 13.7. The molecule has 2 N–H and O–H groups in total. The molecule has 0 radical (unpaired) electrons. The van der Waals surface area contributed by atoms with E-state index in [9.17, 15) is 4.39 Å². The van der Waals surface area contributed by atoms with Gasteiger partial charge in [-0.05, 0) is 50.5 Å². The van der Waals surface area contributed by atoms with Gasteiger partial charge in [-0.15, -0.1) is 12.4 Å². The fraction of sp³-hybridized carbons (Fsp3) is 0.538. The lowest BCUT2D eigenvalue weighted by Gasteiger charge is -2.31. The Hall–Kier alpha value is -0.160. The number of benzene rings is 1. The minimum absolute atomic E-state index is 0. The first kappa shape index (κ1) is 15.9. The highest BCUT2D eigenvalue weighted by atomic mass is 79.9. The zero-order valence-electron chi connectivity index (χ0n) is 10.2. The quantitative estimate of drug-likeness (QED) is 0.918. The number of nitrogens with two attached hydrogens (primary N) is 1. The largest absolute Gasteiger partial charge is 0.330 e. The summed E-state index contributed by atoms with van der Waals surface area (Å²) in [4.78, 5) is 2.30. The van der Waals surface area contributed by atoms with Crippen molar-refractivity contribution in [2.45, 2.75) is 19.4 Å². The van der Waals surface area contributed by atoms with Gasteiger partial charge in [0.25, 0.3) is 0 Å². The normalized spacial score (nSPS) is 17.5. The summed E-state index contributed by atoms with van der Waals surface area (Å²) in [5.41, 5.74) is 6.43. The predicted octanol–water partition coefficient (Wildman–Crippen LogP) is 3.18. The average molecular weight is 338 g/mol. The lowest BCUT2D eigenvalue weighted by atomic mass is 9.97. The summed E-state index contributed by atoms with van der Waals surface area (Å²) in [6.45, 7) is 3.49. The first-order valence-corrected chi connectivity index (χ1v) is 6.85. The predicted molar refractivity (Wildman–Crippen MR) is 78.4 cm³/mol. The van der Waals surface area contributed by atoms with Crippen LogP contribution in [-0.4, -0.2) is 24.5 Å². The van der Waals surface area contributed by atoms with Gasteiger partial charge in [0.2, 0.25) is 0 Å². The minimum atomic E-state index is -0.125. The minimum Gasteiger partial charge on any atom is -0.330 e. The van der Waals surface area contributed by atoms with Crippen molar-refractivity contribution in [2.75, 3.05) is 19.6 Å². The molecule has 1 heterocycles. The molecule has 0 unspecified atom stereocenters. The third kappa shape index (κ3) is 3.92. The molecule has 0 bridgehead atoms. The monoisotopic (exact) mass is 336 g/mol. The lowest BCUT2D eigenvalue weighted by molar-refractivity contribution is 0.178. The number of halogens is 3. The summed E-state index contributed by atoms with van der Waals surface area (Å²) < 4.78 is 14.5. The molecule has 2 rings (SSSR count). The molecule has 0 aromatic heterocycles. The lowest BCUT2D eigenvalue weighted by Crippen LogP contribution is -2.35. The summed E-state index contributed by atoms with van der Waals surface area (Å²) in [5, 5.41) is 0. The molecule has 0 aliphatic carbocycles.